The molecule has 1 aliphatic rings. The minimum absolute atomic E-state index is 0.0312. The molecule has 2 amide bonds. The zero-order chi connectivity index (χ0) is 19.6. The quantitative estimate of drug-likeness (QED) is 0.729. The molecule has 1 saturated heterocycles. The molecule has 3 N–H and O–H groups in total. The third kappa shape index (κ3) is 3.48. The molecule has 8 heteroatoms. The fraction of sp³-hybridized carbons (Fsp3) is 0.556. The van der Waals surface area contributed by atoms with Gasteiger partial charge in [0, 0.05) is 5.92 Å². The largest absolute Gasteiger partial charge is 0.373 e. The predicted molar refractivity (Wildman–Crippen MR) is 96.7 cm³/mol. The van der Waals surface area contributed by atoms with Crippen LogP contribution in [-0.4, -0.2) is 47.8 Å². The van der Waals surface area contributed by atoms with Gasteiger partial charge in [0.15, 0.2) is 15.1 Å². The summed E-state index contributed by atoms with van der Waals surface area (Å²) >= 11 is 0. The van der Waals surface area contributed by atoms with E-state index in [-0.39, 0.29) is 11.3 Å². The maximum atomic E-state index is 13.1. The number of aliphatic hydroxyl groups excluding tert-OH is 1. The van der Waals surface area contributed by atoms with Gasteiger partial charge in [-0.3, -0.25) is 9.59 Å². The van der Waals surface area contributed by atoms with E-state index in [1.165, 1.54) is 12.1 Å². The van der Waals surface area contributed by atoms with Crippen molar-refractivity contribution < 1.29 is 23.1 Å². The number of hydrogen-bond donors (Lipinski definition) is 2. The normalized spacial score (nSPS) is 24.7. The van der Waals surface area contributed by atoms with E-state index < -0.39 is 45.1 Å². The van der Waals surface area contributed by atoms with Crippen LogP contribution in [0.15, 0.2) is 29.2 Å². The number of amides is 2. The molecule has 4 atom stereocenters. The molecule has 1 aliphatic heterocycles. The molecule has 2 rings (SSSR count). The molecule has 1 aromatic rings. The van der Waals surface area contributed by atoms with Gasteiger partial charge in [-0.05, 0) is 31.9 Å². The van der Waals surface area contributed by atoms with Gasteiger partial charge in [-0.25, -0.2) is 8.42 Å². The second-order valence-electron chi connectivity index (χ2n) is 6.72. The van der Waals surface area contributed by atoms with E-state index >= 15 is 0 Å². The van der Waals surface area contributed by atoms with Crippen molar-refractivity contribution in [2.75, 3.05) is 0 Å². The van der Waals surface area contributed by atoms with E-state index in [1.807, 2.05) is 13.8 Å². The molecule has 0 spiro atoms. The van der Waals surface area contributed by atoms with Gasteiger partial charge in [0.05, 0.1) is 4.90 Å². The molecule has 2 unspecified atom stereocenters. The summed E-state index contributed by atoms with van der Waals surface area (Å²) < 4.78 is 26.3. The van der Waals surface area contributed by atoms with Gasteiger partial charge in [0.1, 0.15) is 12.3 Å². The summed E-state index contributed by atoms with van der Waals surface area (Å²) in [6.45, 7) is 5.34. The predicted octanol–water partition coefficient (Wildman–Crippen LogP) is 0.978. The Bertz CT molecular complexity index is 775. The summed E-state index contributed by atoms with van der Waals surface area (Å²) in [7, 11) is -4.01. The molecule has 144 valence electrons. The van der Waals surface area contributed by atoms with Gasteiger partial charge >= 0.3 is 0 Å². The van der Waals surface area contributed by atoms with Crippen LogP contribution in [0.5, 0.6) is 0 Å². The molecule has 1 fully saturated rings. The molecule has 0 saturated carbocycles. The Morgan fingerprint density at radius 2 is 1.85 bits per heavy atom. The van der Waals surface area contributed by atoms with Gasteiger partial charge in [-0.1, -0.05) is 38.0 Å². The number of carbonyl (C=O) groups excluding carboxylic acids is 2. The molecule has 0 aromatic heterocycles. The zero-order valence-electron chi connectivity index (χ0n) is 15.3. The van der Waals surface area contributed by atoms with Crippen LogP contribution >= 0.6 is 0 Å². The average molecular weight is 382 g/mol. The number of sulfone groups is 1. The van der Waals surface area contributed by atoms with Gasteiger partial charge in [-0.2, -0.15) is 0 Å². The Morgan fingerprint density at radius 3 is 2.31 bits per heavy atom. The Kier molecular flexibility index (Phi) is 6.08. The third-order valence-corrected chi connectivity index (χ3v) is 7.06. The lowest BCUT2D eigenvalue weighted by molar-refractivity contribution is -0.144. The standard InChI is InChI=1S/C18H26N2O5S/c1-4-6-13-15(26(24,25)12-9-7-11(3)8-10-12)18(23)20(17(13)22)14(5-2)16(19)21/h7-10,13-15,17,22H,4-6H2,1-3H3,(H2,19,21)/t13-,14+,15?,17?/m1/s1. The van der Waals surface area contributed by atoms with Gasteiger partial charge < -0.3 is 15.7 Å². The first-order chi connectivity index (χ1) is 12.2. The highest BCUT2D eigenvalue weighted by Crippen LogP contribution is 2.37. The Hall–Kier alpha value is -1.93. The van der Waals surface area contributed by atoms with Crippen LogP contribution in [0.4, 0.5) is 0 Å². The van der Waals surface area contributed by atoms with E-state index in [2.05, 4.69) is 0 Å². The van der Waals surface area contributed by atoms with Crippen LogP contribution < -0.4 is 5.73 Å². The number of benzene rings is 1. The van der Waals surface area contributed by atoms with Crippen molar-refractivity contribution in [3.63, 3.8) is 0 Å². The Morgan fingerprint density at radius 1 is 1.27 bits per heavy atom. The number of aryl methyl sites for hydroxylation is 1. The van der Waals surface area contributed by atoms with Crippen molar-refractivity contribution in [1.82, 2.24) is 4.90 Å². The number of hydrogen-bond acceptors (Lipinski definition) is 5. The first-order valence-electron chi connectivity index (χ1n) is 8.76. The van der Waals surface area contributed by atoms with E-state index in [0.29, 0.717) is 12.8 Å². The smallest absolute Gasteiger partial charge is 0.244 e. The van der Waals surface area contributed by atoms with Crippen molar-refractivity contribution in [1.29, 1.82) is 0 Å². The minimum atomic E-state index is -4.01. The first-order valence-corrected chi connectivity index (χ1v) is 10.3. The number of likely N-dealkylation sites (tertiary alicyclic amines) is 1. The van der Waals surface area contributed by atoms with E-state index in [4.69, 9.17) is 5.73 Å². The highest BCUT2D eigenvalue weighted by atomic mass is 32.2. The van der Waals surface area contributed by atoms with E-state index in [0.717, 1.165) is 10.5 Å². The van der Waals surface area contributed by atoms with Crippen molar-refractivity contribution in [2.45, 2.75) is 62.4 Å². The lowest BCUT2D eigenvalue weighted by Gasteiger charge is -2.28. The van der Waals surface area contributed by atoms with Crippen molar-refractivity contribution in [3.8, 4) is 0 Å². The summed E-state index contributed by atoms with van der Waals surface area (Å²) in [5.74, 6) is -2.34. The molecule has 1 heterocycles. The summed E-state index contributed by atoms with van der Waals surface area (Å²) in [4.78, 5) is 25.7. The fourth-order valence-corrected chi connectivity index (χ4v) is 5.50. The first kappa shape index (κ1) is 20.4. The zero-order valence-corrected chi connectivity index (χ0v) is 16.1. The average Bonchev–Trinajstić information content (AvgIpc) is 2.81. The molecule has 7 nitrogen and oxygen atoms in total. The Labute approximate surface area is 154 Å². The molecule has 0 bridgehead atoms. The Balaban J connectivity index is 2.52. The highest BCUT2D eigenvalue weighted by Gasteiger charge is 2.55. The topological polar surface area (TPSA) is 118 Å². The van der Waals surface area contributed by atoms with Crippen LogP contribution in [-0.2, 0) is 19.4 Å². The van der Waals surface area contributed by atoms with Crippen LogP contribution in [0.2, 0.25) is 0 Å². The molecule has 0 radical (unpaired) electrons. The van der Waals surface area contributed by atoms with Crippen LogP contribution in [0, 0.1) is 12.8 Å². The minimum Gasteiger partial charge on any atom is -0.373 e. The second-order valence-corrected chi connectivity index (χ2v) is 8.79. The number of primary amides is 1. The fourth-order valence-electron chi connectivity index (χ4n) is 3.57. The van der Waals surface area contributed by atoms with E-state index in [9.17, 15) is 23.1 Å². The van der Waals surface area contributed by atoms with Gasteiger partial charge in [0.25, 0.3) is 0 Å². The van der Waals surface area contributed by atoms with Crippen molar-refractivity contribution >= 4 is 21.7 Å². The SMILES string of the molecule is CCC[C@H]1C(O)N([C@@H](CC)C(N)=O)C(=O)C1S(=O)(=O)c1ccc(C)cc1. The maximum absolute atomic E-state index is 13.1. The lowest BCUT2D eigenvalue weighted by Crippen LogP contribution is -2.50. The van der Waals surface area contributed by atoms with Crippen molar-refractivity contribution in [2.24, 2.45) is 11.7 Å². The molecular formula is C18H26N2O5S. The number of nitrogens with zero attached hydrogens (tertiary/aromatic N) is 1. The number of carbonyl (C=O) groups is 2. The summed E-state index contributed by atoms with van der Waals surface area (Å²) in [5, 5.41) is 9.24. The summed E-state index contributed by atoms with van der Waals surface area (Å²) in [6.07, 6.45) is -0.219. The number of nitrogens with two attached hydrogens (primary N) is 1. The number of aliphatic hydroxyl groups is 1. The summed E-state index contributed by atoms with van der Waals surface area (Å²) in [6, 6.07) is 5.21. The van der Waals surface area contributed by atoms with Crippen LogP contribution in [0.3, 0.4) is 0 Å². The molecule has 0 aliphatic carbocycles. The van der Waals surface area contributed by atoms with Crippen molar-refractivity contribution in [3.05, 3.63) is 29.8 Å². The molecule has 1 aromatic carbocycles. The summed E-state index contributed by atoms with van der Waals surface area (Å²) in [5.41, 5.74) is 6.26. The molecular weight excluding hydrogens is 356 g/mol. The number of rotatable bonds is 7. The molecule has 26 heavy (non-hydrogen) atoms. The third-order valence-electron chi connectivity index (χ3n) is 4.91. The van der Waals surface area contributed by atoms with Crippen LogP contribution in [0.25, 0.3) is 0 Å². The second kappa shape index (κ2) is 7.75. The van der Waals surface area contributed by atoms with Crippen LogP contribution in [0.1, 0.15) is 38.7 Å². The monoisotopic (exact) mass is 382 g/mol. The highest BCUT2D eigenvalue weighted by molar-refractivity contribution is 7.92. The van der Waals surface area contributed by atoms with E-state index in [1.54, 1.807) is 19.1 Å². The van der Waals surface area contributed by atoms with Gasteiger partial charge in [0.2, 0.25) is 11.8 Å². The lowest BCUT2D eigenvalue weighted by atomic mass is 10.0. The maximum Gasteiger partial charge on any atom is 0.244 e. The van der Waals surface area contributed by atoms with Gasteiger partial charge in [-0.15, -0.1) is 0 Å².